The molecule has 0 atom stereocenters. The third-order valence-electron chi connectivity index (χ3n) is 3.68. The molecule has 1 fully saturated rings. The highest BCUT2D eigenvalue weighted by molar-refractivity contribution is 5.40. The van der Waals surface area contributed by atoms with Gasteiger partial charge in [0.1, 0.15) is 5.75 Å². The van der Waals surface area contributed by atoms with Gasteiger partial charge in [0.15, 0.2) is 11.5 Å². The Morgan fingerprint density at radius 1 is 1.21 bits per heavy atom. The molecule has 1 aliphatic rings. The van der Waals surface area contributed by atoms with Gasteiger partial charge >= 0.3 is 0 Å². The van der Waals surface area contributed by atoms with Crippen LogP contribution in [0.5, 0.6) is 5.75 Å². The number of nitrogens with zero attached hydrogens (tertiary/aromatic N) is 4. The molecular weight excluding hydrogens is 240 g/mol. The third kappa shape index (κ3) is 2.87. The van der Waals surface area contributed by atoms with E-state index in [1.54, 1.807) is 11.6 Å². The molecule has 102 valence electrons. The summed E-state index contributed by atoms with van der Waals surface area (Å²) in [4.78, 5) is 7.05. The molecule has 1 aliphatic heterocycles. The zero-order chi connectivity index (χ0) is 13.1. The van der Waals surface area contributed by atoms with Crippen molar-refractivity contribution < 1.29 is 4.74 Å². The summed E-state index contributed by atoms with van der Waals surface area (Å²) in [7, 11) is 1.66. The Morgan fingerprint density at radius 2 is 2.05 bits per heavy atom. The summed E-state index contributed by atoms with van der Waals surface area (Å²) in [5.41, 5.74) is 0.884. The molecule has 0 radical (unpaired) electrons. The van der Waals surface area contributed by atoms with E-state index in [9.17, 15) is 0 Å². The van der Waals surface area contributed by atoms with Crippen LogP contribution in [0.1, 0.15) is 25.1 Å². The summed E-state index contributed by atoms with van der Waals surface area (Å²) in [6, 6.07) is 3.86. The number of rotatable bonds is 4. The molecule has 0 aliphatic carbocycles. The highest BCUT2D eigenvalue weighted by Crippen LogP contribution is 2.12. The summed E-state index contributed by atoms with van der Waals surface area (Å²) in [5, 5.41) is 4.50. The Bertz CT molecular complexity index is 545. The molecule has 2 aromatic heterocycles. The van der Waals surface area contributed by atoms with Gasteiger partial charge in [-0.3, -0.25) is 0 Å². The minimum atomic E-state index is 0.806. The van der Waals surface area contributed by atoms with Gasteiger partial charge in [-0.2, -0.15) is 5.10 Å². The van der Waals surface area contributed by atoms with Crippen molar-refractivity contribution >= 4 is 5.65 Å². The highest BCUT2D eigenvalue weighted by atomic mass is 16.5. The molecule has 0 saturated carbocycles. The molecule has 0 N–H and O–H groups in total. The van der Waals surface area contributed by atoms with Crippen LogP contribution in [-0.2, 0) is 6.42 Å². The lowest BCUT2D eigenvalue weighted by Gasteiger charge is -2.25. The smallest absolute Gasteiger partial charge is 0.155 e. The number of hydrogen-bond donors (Lipinski definition) is 0. The minimum absolute atomic E-state index is 0.806. The van der Waals surface area contributed by atoms with Crippen molar-refractivity contribution in [2.75, 3.05) is 26.7 Å². The average Bonchev–Trinajstić information content (AvgIpc) is 2.88. The van der Waals surface area contributed by atoms with Crippen molar-refractivity contribution in [1.29, 1.82) is 0 Å². The summed E-state index contributed by atoms with van der Waals surface area (Å²) >= 11 is 0. The fourth-order valence-electron chi connectivity index (χ4n) is 2.58. The lowest BCUT2D eigenvalue weighted by atomic mass is 10.1. The maximum absolute atomic E-state index is 5.19. The minimum Gasteiger partial charge on any atom is -0.495 e. The van der Waals surface area contributed by atoms with Crippen molar-refractivity contribution in [3.63, 3.8) is 0 Å². The Kier molecular flexibility index (Phi) is 3.64. The molecule has 3 rings (SSSR count). The lowest BCUT2D eigenvalue weighted by molar-refractivity contribution is 0.230. The van der Waals surface area contributed by atoms with Gasteiger partial charge in [0, 0.05) is 13.0 Å². The van der Waals surface area contributed by atoms with Gasteiger partial charge in [-0.1, -0.05) is 6.42 Å². The Labute approximate surface area is 113 Å². The second-order valence-corrected chi connectivity index (χ2v) is 5.05. The molecule has 0 unspecified atom stereocenters. The number of ether oxygens (including phenoxy) is 1. The van der Waals surface area contributed by atoms with Crippen LogP contribution in [0, 0.1) is 0 Å². The predicted molar refractivity (Wildman–Crippen MR) is 73.5 cm³/mol. The molecule has 0 amide bonds. The number of aromatic nitrogens is 3. The summed E-state index contributed by atoms with van der Waals surface area (Å²) in [6.07, 6.45) is 6.82. The second kappa shape index (κ2) is 5.57. The van der Waals surface area contributed by atoms with E-state index in [1.807, 2.05) is 18.3 Å². The second-order valence-electron chi connectivity index (χ2n) is 5.05. The largest absolute Gasteiger partial charge is 0.495 e. The van der Waals surface area contributed by atoms with Crippen LogP contribution in [0.15, 0.2) is 18.3 Å². The van der Waals surface area contributed by atoms with Crippen LogP contribution in [0.3, 0.4) is 0 Å². The quantitative estimate of drug-likeness (QED) is 0.840. The summed E-state index contributed by atoms with van der Waals surface area (Å²) in [6.45, 7) is 3.51. The fraction of sp³-hybridized carbons (Fsp3) is 0.571. The van der Waals surface area contributed by atoms with E-state index in [0.29, 0.717) is 0 Å². The van der Waals surface area contributed by atoms with Crippen LogP contribution >= 0.6 is 0 Å². The molecule has 19 heavy (non-hydrogen) atoms. The molecule has 5 nitrogen and oxygen atoms in total. The lowest BCUT2D eigenvalue weighted by Crippen LogP contribution is -2.31. The van der Waals surface area contributed by atoms with Crippen molar-refractivity contribution in [3.8, 4) is 5.75 Å². The normalized spacial score (nSPS) is 16.9. The van der Waals surface area contributed by atoms with Gasteiger partial charge < -0.3 is 9.64 Å². The SMILES string of the molecule is COc1ccc2nc(CCN3CCCCC3)nn2c1. The van der Waals surface area contributed by atoms with Crippen LogP contribution in [0.4, 0.5) is 0 Å². The van der Waals surface area contributed by atoms with Crippen LogP contribution in [0.2, 0.25) is 0 Å². The van der Waals surface area contributed by atoms with E-state index in [0.717, 1.165) is 30.2 Å². The third-order valence-corrected chi connectivity index (χ3v) is 3.68. The molecule has 0 spiro atoms. The molecule has 1 saturated heterocycles. The van der Waals surface area contributed by atoms with E-state index in [-0.39, 0.29) is 0 Å². The van der Waals surface area contributed by atoms with Crippen LogP contribution < -0.4 is 4.74 Å². The predicted octanol–water partition coefficient (Wildman–Crippen LogP) is 1.77. The topological polar surface area (TPSA) is 42.7 Å². The first kappa shape index (κ1) is 12.4. The maximum Gasteiger partial charge on any atom is 0.155 e. The first-order chi connectivity index (χ1) is 9.35. The zero-order valence-electron chi connectivity index (χ0n) is 11.4. The van der Waals surface area contributed by atoms with Crippen molar-refractivity contribution in [2.45, 2.75) is 25.7 Å². The molecule has 5 heteroatoms. The van der Waals surface area contributed by atoms with Crippen molar-refractivity contribution in [2.24, 2.45) is 0 Å². The summed E-state index contributed by atoms with van der Waals surface area (Å²) < 4.78 is 6.99. The van der Waals surface area contributed by atoms with Crippen molar-refractivity contribution in [1.82, 2.24) is 19.5 Å². The van der Waals surface area contributed by atoms with Crippen LogP contribution in [0.25, 0.3) is 5.65 Å². The van der Waals surface area contributed by atoms with Gasteiger partial charge in [0.2, 0.25) is 0 Å². The zero-order valence-corrected chi connectivity index (χ0v) is 11.4. The number of piperidine rings is 1. The van der Waals surface area contributed by atoms with Crippen LogP contribution in [-0.4, -0.2) is 46.2 Å². The van der Waals surface area contributed by atoms with Gasteiger partial charge in [-0.15, -0.1) is 0 Å². The standard InChI is InChI=1S/C14H20N4O/c1-19-12-5-6-14-15-13(16-18(14)11-12)7-10-17-8-3-2-4-9-17/h5-6,11H,2-4,7-10H2,1H3. The molecule has 3 heterocycles. The first-order valence-electron chi connectivity index (χ1n) is 6.97. The number of likely N-dealkylation sites (tertiary alicyclic amines) is 1. The van der Waals surface area contributed by atoms with E-state index in [4.69, 9.17) is 4.74 Å². The highest BCUT2D eigenvalue weighted by Gasteiger charge is 2.11. The first-order valence-corrected chi connectivity index (χ1v) is 6.97. The number of pyridine rings is 1. The van der Waals surface area contributed by atoms with E-state index in [2.05, 4.69) is 15.0 Å². The van der Waals surface area contributed by atoms with E-state index in [1.165, 1.54) is 32.4 Å². The number of hydrogen-bond acceptors (Lipinski definition) is 4. The summed E-state index contributed by atoms with van der Waals surface area (Å²) in [5.74, 6) is 1.72. The Hall–Kier alpha value is -1.62. The maximum atomic E-state index is 5.19. The Morgan fingerprint density at radius 3 is 2.84 bits per heavy atom. The average molecular weight is 260 g/mol. The number of methoxy groups -OCH3 is 1. The van der Waals surface area contributed by atoms with E-state index >= 15 is 0 Å². The van der Waals surface area contributed by atoms with E-state index < -0.39 is 0 Å². The number of fused-ring (bicyclic) bond motifs is 1. The molecule has 0 bridgehead atoms. The fourth-order valence-corrected chi connectivity index (χ4v) is 2.58. The van der Waals surface area contributed by atoms with Gasteiger partial charge in [0.25, 0.3) is 0 Å². The van der Waals surface area contributed by atoms with Gasteiger partial charge in [-0.25, -0.2) is 9.50 Å². The Balaban J connectivity index is 1.67. The van der Waals surface area contributed by atoms with Gasteiger partial charge in [-0.05, 0) is 38.1 Å². The molecule has 2 aromatic rings. The molecular formula is C14H20N4O. The monoisotopic (exact) mass is 260 g/mol. The van der Waals surface area contributed by atoms with Gasteiger partial charge in [0.05, 0.1) is 13.3 Å². The molecule has 0 aromatic carbocycles. The van der Waals surface area contributed by atoms with Crippen molar-refractivity contribution in [3.05, 3.63) is 24.2 Å².